The maximum atomic E-state index is 11.9. The molecular weight excluding hydrogens is 312 g/mol. The van der Waals surface area contributed by atoms with Crippen LogP contribution in [-0.2, 0) is 20.2 Å². The monoisotopic (exact) mass is 330 g/mol. The second-order valence-corrected chi connectivity index (χ2v) is 7.84. The topological polar surface area (TPSA) is 75.3 Å². The van der Waals surface area contributed by atoms with Crippen molar-refractivity contribution in [3.63, 3.8) is 0 Å². The lowest BCUT2D eigenvalue weighted by Gasteiger charge is -2.19. The van der Waals surface area contributed by atoms with Gasteiger partial charge in [0.15, 0.2) is 0 Å². The van der Waals surface area contributed by atoms with Crippen molar-refractivity contribution in [2.45, 2.75) is 31.2 Å². The van der Waals surface area contributed by atoms with E-state index < -0.39 is 16.1 Å². The van der Waals surface area contributed by atoms with Crippen LogP contribution in [0.15, 0.2) is 24.3 Å². The van der Waals surface area contributed by atoms with E-state index in [2.05, 4.69) is 10.0 Å². The molecule has 0 heterocycles. The third-order valence-electron chi connectivity index (χ3n) is 3.68. The fourth-order valence-electron chi connectivity index (χ4n) is 2.32. The summed E-state index contributed by atoms with van der Waals surface area (Å²) >= 11 is 6.00. The van der Waals surface area contributed by atoms with Gasteiger partial charge in [0.05, 0.1) is 12.3 Å². The molecule has 5 nitrogen and oxygen atoms in total. The number of carbonyl (C=O) groups is 1. The summed E-state index contributed by atoms with van der Waals surface area (Å²) < 4.78 is 24.5. The fraction of sp³-hybridized carbons (Fsp3) is 0.500. The molecule has 1 aromatic rings. The summed E-state index contributed by atoms with van der Waals surface area (Å²) in [5.74, 6) is -0.325. The van der Waals surface area contributed by atoms with Crippen molar-refractivity contribution < 1.29 is 13.2 Å². The van der Waals surface area contributed by atoms with Gasteiger partial charge in [0.1, 0.15) is 0 Å². The van der Waals surface area contributed by atoms with E-state index in [0.717, 1.165) is 24.7 Å². The number of benzene rings is 1. The van der Waals surface area contributed by atoms with Crippen LogP contribution < -0.4 is 10.0 Å². The van der Waals surface area contributed by atoms with E-state index in [4.69, 9.17) is 11.6 Å². The Hall–Kier alpha value is -1.11. The van der Waals surface area contributed by atoms with Crippen LogP contribution in [0.3, 0.4) is 0 Å². The molecule has 0 bridgehead atoms. The highest BCUT2D eigenvalue weighted by molar-refractivity contribution is 7.88. The number of hydrogen-bond acceptors (Lipinski definition) is 3. The van der Waals surface area contributed by atoms with Gasteiger partial charge in [0, 0.05) is 17.0 Å². The number of rotatable bonds is 6. The Balaban J connectivity index is 1.95. The van der Waals surface area contributed by atoms with Gasteiger partial charge in [-0.15, -0.1) is 0 Å². The van der Waals surface area contributed by atoms with Crippen LogP contribution in [0.25, 0.3) is 0 Å². The van der Waals surface area contributed by atoms with Gasteiger partial charge in [-0.3, -0.25) is 4.79 Å². The Morgan fingerprint density at radius 2 is 2.10 bits per heavy atom. The van der Waals surface area contributed by atoms with Crippen molar-refractivity contribution >= 4 is 27.5 Å². The molecule has 1 amide bonds. The van der Waals surface area contributed by atoms with Crippen LogP contribution in [-0.4, -0.2) is 33.2 Å². The molecule has 0 spiro atoms. The van der Waals surface area contributed by atoms with Gasteiger partial charge in [-0.2, -0.15) is 0 Å². The Kier molecular flexibility index (Phi) is 4.60. The van der Waals surface area contributed by atoms with Crippen molar-refractivity contribution in [1.82, 2.24) is 10.0 Å². The van der Waals surface area contributed by atoms with E-state index in [-0.39, 0.29) is 11.3 Å². The Morgan fingerprint density at radius 1 is 1.43 bits per heavy atom. The Labute approximate surface area is 130 Å². The van der Waals surface area contributed by atoms with Crippen LogP contribution in [0.1, 0.15) is 25.3 Å². The average Bonchev–Trinajstić information content (AvgIpc) is 3.15. The molecule has 21 heavy (non-hydrogen) atoms. The van der Waals surface area contributed by atoms with Crippen LogP contribution in [0, 0.1) is 0 Å². The first-order valence-electron chi connectivity index (χ1n) is 6.73. The van der Waals surface area contributed by atoms with E-state index in [9.17, 15) is 13.2 Å². The zero-order valence-corrected chi connectivity index (χ0v) is 13.6. The molecule has 0 aromatic heterocycles. The predicted molar refractivity (Wildman–Crippen MR) is 82.8 cm³/mol. The van der Waals surface area contributed by atoms with Crippen molar-refractivity contribution in [2.75, 3.05) is 12.8 Å². The molecule has 1 aliphatic rings. The molecule has 1 fully saturated rings. The van der Waals surface area contributed by atoms with Gasteiger partial charge in [-0.05, 0) is 37.5 Å². The lowest BCUT2D eigenvalue weighted by molar-refractivity contribution is -0.122. The first-order chi connectivity index (χ1) is 9.72. The second-order valence-electron chi connectivity index (χ2n) is 5.62. The number of halogens is 1. The molecule has 0 unspecified atom stereocenters. The van der Waals surface area contributed by atoms with Gasteiger partial charge >= 0.3 is 0 Å². The smallest absolute Gasteiger partial charge is 0.237 e. The SMILES string of the molecule is C[C@H](NS(C)(=O)=O)C(=O)NCC1(c2cccc(Cl)c2)CC1. The highest BCUT2D eigenvalue weighted by Gasteiger charge is 2.44. The third-order valence-corrected chi connectivity index (χ3v) is 4.69. The lowest BCUT2D eigenvalue weighted by Crippen LogP contribution is -2.46. The van der Waals surface area contributed by atoms with Crippen LogP contribution in [0.2, 0.25) is 5.02 Å². The minimum Gasteiger partial charge on any atom is -0.354 e. The molecular formula is C14H19ClN2O3S. The zero-order chi connectivity index (χ0) is 15.7. The van der Waals surface area contributed by atoms with Gasteiger partial charge in [0.25, 0.3) is 0 Å². The molecule has 1 saturated carbocycles. The van der Waals surface area contributed by atoms with Crippen LogP contribution in [0.4, 0.5) is 0 Å². The summed E-state index contributed by atoms with van der Waals surface area (Å²) in [5.41, 5.74) is 1.05. The van der Waals surface area contributed by atoms with Gasteiger partial charge in [-0.1, -0.05) is 23.7 Å². The first kappa shape index (κ1) is 16.3. The van der Waals surface area contributed by atoms with E-state index in [1.165, 1.54) is 6.92 Å². The molecule has 1 aliphatic carbocycles. The van der Waals surface area contributed by atoms with Crippen molar-refractivity contribution in [3.05, 3.63) is 34.9 Å². The molecule has 7 heteroatoms. The zero-order valence-electron chi connectivity index (χ0n) is 12.0. The lowest BCUT2D eigenvalue weighted by atomic mass is 9.96. The summed E-state index contributed by atoms with van der Waals surface area (Å²) in [6.45, 7) is 2.01. The largest absolute Gasteiger partial charge is 0.354 e. The number of hydrogen-bond donors (Lipinski definition) is 2. The average molecular weight is 331 g/mol. The summed E-state index contributed by atoms with van der Waals surface area (Å²) in [6.07, 6.45) is 3.01. The standard InChI is InChI=1S/C14H19ClN2O3S/c1-10(17-21(2,19)20)13(18)16-9-14(6-7-14)11-4-3-5-12(15)8-11/h3-5,8,10,17H,6-7,9H2,1-2H3,(H,16,18)/t10-/m0/s1. The fourth-order valence-corrected chi connectivity index (χ4v) is 3.26. The molecule has 1 aromatic carbocycles. The molecule has 1 atom stereocenters. The highest BCUT2D eigenvalue weighted by Crippen LogP contribution is 2.48. The van der Waals surface area contributed by atoms with Gasteiger partial charge < -0.3 is 5.32 Å². The van der Waals surface area contributed by atoms with Crippen molar-refractivity contribution in [2.24, 2.45) is 0 Å². The normalized spacial score (nSPS) is 18.0. The quantitative estimate of drug-likeness (QED) is 0.828. The number of sulfonamides is 1. The predicted octanol–water partition coefficient (Wildman–Crippen LogP) is 1.43. The molecule has 0 aliphatic heterocycles. The van der Waals surface area contributed by atoms with E-state index in [1.54, 1.807) is 0 Å². The number of carbonyl (C=O) groups excluding carboxylic acids is 1. The van der Waals surface area contributed by atoms with Gasteiger partial charge in [-0.25, -0.2) is 13.1 Å². The minimum absolute atomic E-state index is 0.0641. The van der Waals surface area contributed by atoms with E-state index in [1.807, 2.05) is 24.3 Å². The Bertz CT molecular complexity index is 641. The summed E-state index contributed by atoms with van der Waals surface area (Å²) in [5, 5.41) is 3.49. The molecule has 116 valence electrons. The first-order valence-corrected chi connectivity index (χ1v) is 9.00. The second kappa shape index (κ2) is 5.94. The summed E-state index contributed by atoms with van der Waals surface area (Å²) in [4.78, 5) is 11.9. The van der Waals surface area contributed by atoms with Crippen LogP contribution >= 0.6 is 11.6 Å². The van der Waals surface area contributed by atoms with Crippen molar-refractivity contribution in [1.29, 1.82) is 0 Å². The van der Waals surface area contributed by atoms with E-state index >= 15 is 0 Å². The highest BCUT2D eigenvalue weighted by atomic mass is 35.5. The summed E-state index contributed by atoms with van der Waals surface area (Å²) in [7, 11) is -3.39. The number of nitrogens with one attached hydrogen (secondary N) is 2. The van der Waals surface area contributed by atoms with E-state index in [0.29, 0.717) is 11.6 Å². The van der Waals surface area contributed by atoms with Crippen LogP contribution in [0.5, 0.6) is 0 Å². The molecule has 2 rings (SSSR count). The van der Waals surface area contributed by atoms with Crippen molar-refractivity contribution in [3.8, 4) is 0 Å². The molecule has 0 saturated heterocycles. The minimum atomic E-state index is -3.39. The third kappa shape index (κ3) is 4.43. The summed E-state index contributed by atoms with van der Waals surface area (Å²) in [6, 6.07) is 6.85. The maximum Gasteiger partial charge on any atom is 0.237 e. The molecule has 2 N–H and O–H groups in total. The number of amides is 1. The molecule has 0 radical (unpaired) electrons. The van der Waals surface area contributed by atoms with Gasteiger partial charge in [0.2, 0.25) is 15.9 Å². The maximum absolute atomic E-state index is 11.9. The Morgan fingerprint density at radius 3 is 2.62 bits per heavy atom.